The molecule has 1 N–H and O–H groups in total. The molecule has 19 heavy (non-hydrogen) atoms. The van der Waals surface area contributed by atoms with Crippen molar-refractivity contribution in [3.8, 4) is 0 Å². The number of hydrogen-bond donors (Lipinski definition) is 1. The quantitative estimate of drug-likeness (QED) is 0.829. The molecule has 0 bridgehead atoms. The molecule has 0 fully saturated rings. The van der Waals surface area contributed by atoms with Crippen LogP contribution in [0.5, 0.6) is 0 Å². The fourth-order valence-corrected chi connectivity index (χ4v) is 2.76. The Morgan fingerprint density at radius 2 is 1.79 bits per heavy atom. The zero-order valence-electron chi connectivity index (χ0n) is 10.8. The number of nitrogens with one attached hydrogen (secondary N) is 1. The first-order valence-electron chi connectivity index (χ1n) is 5.38. The van der Waals surface area contributed by atoms with Gasteiger partial charge in [-0.15, -0.1) is 0 Å². The van der Waals surface area contributed by atoms with Gasteiger partial charge in [0.2, 0.25) is 5.91 Å². The summed E-state index contributed by atoms with van der Waals surface area (Å²) < 4.78 is 23.0. The summed E-state index contributed by atoms with van der Waals surface area (Å²) >= 11 is 3.32. The lowest BCUT2D eigenvalue weighted by Crippen LogP contribution is -2.20. The van der Waals surface area contributed by atoms with Gasteiger partial charge in [0, 0.05) is 25.6 Å². The van der Waals surface area contributed by atoms with Gasteiger partial charge in [0.1, 0.15) is 5.44 Å². The van der Waals surface area contributed by atoms with Gasteiger partial charge in [0.15, 0.2) is 0 Å². The van der Waals surface area contributed by atoms with Crippen molar-refractivity contribution in [3.63, 3.8) is 0 Å². The maximum Gasteiger partial charge on any atom is 0.376 e. The van der Waals surface area contributed by atoms with Crippen LogP contribution in [-0.4, -0.2) is 20.1 Å². The predicted molar refractivity (Wildman–Crippen MR) is 77.6 cm³/mol. The van der Waals surface area contributed by atoms with E-state index in [2.05, 4.69) is 21.2 Å². The number of carbonyl (C=O) groups is 1. The average Bonchev–Trinajstić information content (AvgIpc) is 2.39. The maximum atomic E-state index is 12.3. The van der Waals surface area contributed by atoms with E-state index in [0.717, 1.165) is 10.0 Å². The molecule has 0 radical (unpaired) electrons. The van der Waals surface area contributed by atoms with Crippen LogP contribution in [0, 0.1) is 0 Å². The second-order valence-electron chi connectivity index (χ2n) is 3.62. The highest BCUT2D eigenvalue weighted by Crippen LogP contribution is 2.53. The van der Waals surface area contributed by atoms with Gasteiger partial charge < -0.3 is 14.4 Å². The lowest BCUT2D eigenvalue weighted by atomic mass is 10.2. The number of amides is 1. The van der Waals surface area contributed by atoms with Gasteiger partial charge in [-0.05, 0) is 23.8 Å². The summed E-state index contributed by atoms with van der Waals surface area (Å²) in [5.74, 6) is -0.349. The normalized spacial score (nSPS) is 12.3. The van der Waals surface area contributed by atoms with Crippen molar-refractivity contribution in [2.45, 2.75) is 6.92 Å². The zero-order valence-corrected chi connectivity index (χ0v) is 13.3. The van der Waals surface area contributed by atoms with Crippen molar-refractivity contribution in [1.29, 1.82) is 0 Å². The first-order valence-corrected chi connectivity index (χ1v) is 7.72. The van der Waals surface area contributed by atoms with Gasteiger partial charge in [0.25, 0.3) is 0 Å². The van der Waals surface area contributed by atoms with Crippen molar-refractivity contribution in [1.82, 2.24) is 5.32 Å². The van der Waals surface area contributed by atoms with Crippen LogP contribution in [-0.2, 0) is 18.4 Å². The van der Waals surface area contributed by atoms with Gasteiger partial charge in [0.05, 0.1) is 0 Å². The summed E-state index contributed by atoms with van der Waals surface area (Å²) in [6.07, 6.45) is 1.56. The van der Waals surface area contributed by atoms with Crippen LogP contribution in [0.15, 0.2) is 34.2 Å². The molecule has 0 aliphatic carbocycles. The molecular weight excluding hydrogens is 333 g/mol. The Morgan fingerprint density at radius 1 is 1.26 bits per heavy atom. The van der Waals surface area contributed by atoms with E-state index in [0.29, 0.717) is 0 Å². The Balaban J connectivity index is 3.19. The minimum Gasteiger partial charge on any atom is -0.320 e. The smallest absolute Gasteiger partial charge is 0.320 e. The molecule has 1 rings (SSSR count). The Bertz CT molecular complexity index is 519. The summed E-state index contributed by atoms with van der Waals surface area (Å²) in [5, 5.41) is 2.48. The van der Waals surface area contributed by atoms with E-state index in [9.17, 15) is 9.36 Å². The van der Waals surface area contributed by atoms with Crippen LogP contribution in [0.3, 0.4) is 0 Å². The summed E-state index contributed by atoms with van der Waals surface area (Å²) in [6, 6.07) is 7.28. The van der Waals surface area contributed by atoms with Gasteiger partial charge in [-0.25, -0.2) is 0 Å². The molecule has 0 heterocycles. The third-order valence-electron chi connectivity index (χ3n) is 2.25. The molecule has 0 saturated carbocycles. The van der Waals surface area contributed by atoms with Crippen LogP contribution >= 0.6 is 23.5 Å². The molecule has 1 aromatic rings. The van der Waals surface area contributed by atoms with Crippen molar-refractivity contribution in [3.05, 3.63) is 39.7 Å². The molecule has 0 aliphatic heterocycles. The van der Waals surface area contributed by atoms with E-state index < -0.39 is 7.60 Å². The highest BCUT2D eigenvalue weighted by molar-refractivity contribution is 9.10. The fraction of sp³-hybridized carbons (Fsp3) is 0.250. The molecule has 0 spiro atoms. The SMILES string of the molecule is COP(=O)(OC)/C(=C/c1ccc(Br)cc1)NC(C)=O. The number of rotatable bonds is 5. The predicted octanol–water partition coefficient (Wildman–Crippen LogP) is 3.37. The molecule has 0 saturated heterocycles. The van der Waals surface area contributed by atoms with Crippen molar-refractivity contribution in [2.24, 2.45) is 0 Å². The third-order valence-corrected chi connectivity index (χ3v) is 4.57. The van der Waals surface area contributed by atoms with Crippen LogP contribution in [0.2, 0.25) is 0 Å². The number of benzene rings is 1. The Labute approximate surface area is 120 Å². The number of hydrogen-bond acceptors (Lipinski definition) is 4. The highest BCUT2D eigenvalue weighted by Gasteiger charge is 2.28. The van der Waals surface area contributed by atoms with Crippen LogP contribution in [0.25, 0.3) is 6.08 Å². The van der Waals surface area contributed by atoms with Gasteiger partial charge in [-0.3, -0.25) is 9.36 Å². The first kappa shape index (κ1) is 16.1. The molecule has 0 atom stereocenters. The first-order chi connectivity index (χ1) is 8.91. The largest absolute Gasteiger partial charge is 0.376 e. The lowest BCUT2D eigenvalue weighted by molar-refractivity contribution is -0.118. The van der Waals surface area contributed by atoms with E-state index in [4.69, 9.17) is 9.05 Å². The Kier molecular flexibility index (Phi) is 5.94. The number of carbonyl (C=O) groups excluding carboxylic acids is 1. The number of halogens is 1. The summed E-state index contributed by atoms with van der Waals surface area (Å²) in [7, 11) is -0.974. The molecule has 0 aliphatic rings. The maximum absolute atomic E-state index is 12.3. The van der Waals surface area contributed by atoms with E-state index in [-0.39, 0.29) is 11.3 Å². The van der Waals surface area contributed by atoms with Crippen LogP contribution < -0.4 is 5.32 Å². The topological polar surface area (TPSA) is 64.6 Å². The molecule has 0 aromatic heterocycles. The van der Waals surface area contributed by atoms with Gasteiger partial charge in [-0.1, -0.05) is 28.1 Å². The van der Waals surface area contributed by atoms with Crippen molar-refractivity contribution < 1.29 is 18.4 Å². The Morgan fingerprint density at radius 3 is 2.21 bits per heavy atom. The monoisotopic (exact) mass is 347 g/mol. The van der Waals surface area contributed by atoms with Gasteiger partial charge in [-0.2, -0.15) is 0 Å². The third kappa shape index (κ3) is 4.58. The summed E-state index contributed by atoms with van der Waals surface area (Å²) in [4.78, 5) is 11.2. The van der Waals surface area contributed by atoms with E-state index in [1.807, 2.05) is 24.3 Å². The second kappa shape index (κ2) is 7.01. The lowest BCUT2D eigenvalue weighted by Gasteiger charge is -2.17. The van der Waals surface area contributed by atoms with Crippen molar-refractivity contribution >= 4 is 35.5 Å². The molecule has 0 unspecified atom stereocenters. The fourth-order valence-electron chi connectivity index (χ4n) is 1.35. The minimum absolute atomic E-state index is 0.104. The zero-order chi connectivity index (χ0) is 14.5. The molecular formula is C12H15BrNO4P. The van der Waals surface area contributed by atoms with Crippen molar-refractivity contribution in [2.75, 3.05) is 14.2 Å². The molecule has 1 amide bonds. The summed E-state index contributed by atoms with van der Waals surface area (Å²) in [5.41, 5.74) is 0.869. The highest BCUT2D eigenvalue weighted by atomic mass is 79.9. The van der Waals surface area contributed by atoms with Crippen LogP contribution in [0.4, 0.5) is 0 Å². The van der Waals surface area contributed by atoms with E-state index in [1.165, 1.54) is 21.1 Å². The Hall–Kier alpha value is -0.940. The van der Waals surface area contributed by atoms with Gasteiger partial charge >= 0.3 is 7.60 Å². The van der Waals surface area contributed by atoms with Crippen LogP contribution in [0.1, 0.15) is 12.5 Å². The average molecular weight is 348 g/mol. The van der Waals surface area contributed by atoms with E-state index >= 15 is 0 Å². The molecule has 1 aromatic carbocycles. The molecule has 5 nitrogen and oxygen atoms in total. The van der Waals surface area contributed by atoms with E-state index in [1.54, 1.807) is 6.08 Å². The second-order valence-corrected chi connectivity index (χ2v) is 6.75. The minimum atomic E-state index is -3.51. The molecule has 7 heteroatoms. The standard InChI is InChI=1S/C12H15BrNO4P/c1-9(15)14-12(19(16,17-2)18-3)8-10-4-6-11(13)7-5-10/h4-8H,1-3H3,(H,14,15)/b12-8+. The summed E-state index contributed by atoms with van der Waals surface area (Å²) in [6.45, 7) is 1.32. The molecule has 104 valence electrons.